The second-order valence-electron chi connectivity index (χ2n) is 8.46. The minimum absolute atomic E-state index is 0.112. The summed E-state index contributed by atoms with van der Waals surface area (Å²) in [5.41, 5.74) is 7.87. The zero-order chi connectivity index (χ0) is 23.7. The van der Waals surface area contributed by atoms with Crippen LogP contribution in [0.4, 0.5) is 20.6 Å². The van der Waals surface area contributed by atoms with Gasteiger partial charge in [0.2, 0.25) is 0 Å². The molecule has 0 saturated carbocycles. The van der Waals surface area contributed by atoms with E-state index in [4.69, 9.17) is 4.74 Å². The third kappa shape index (κ3) is 4.24. The number of amides is 1. The number of benzene rings is 1. The van der Waals surface area contributed by atoms with E-state index >= 15 is 4.39 Å². The number of nitrogens with one attached hydrogen (secondary N) is 2. The summed E-state index contributed by atoms with van der Waals surface area (Å²) in [5, 5.41) is 28.4. The largest absolute Gasteiger partial charge is 0.442 e. The number of cyclic esters (lactones) is 1. The van der Waals surface area contributed by atoms with Gasteiger partial charge in [-0.25, -0.2) is 13.9 Å². The number of aliphatic hydroxyl groups excluding tert-OH is 2. The molecule has 1 aromatic carbocycles. The van der Waals surface area contributed by atoms with Crippen LogP contribution in [-0.4, -0.2) is 75.2 Å². The summed E-state index contributed by atoms with van der Waals surface area (Å²) in [4.78, 5) is 15.8. The summed E-state index contributed by atoms with van der Waals surface area (Å²) in [5.74, 6) is -0.403. The van der Waals surface area contributed by atoms with Gasteiger partial charge in [0.05, 0.1) is 61.3 Å². The van der Waals surface area contributed by atoms with Crippen molar-refractivity contribution in [1.82, 2.24) is 31.0 Å². The van der Waals surface area contributed by atoms with Gasteiger partial charge in [-0.15, -0.1) is 10.6 Å². The van der Waals surface area contributed by atoms with Crippen molar-refractivity contribution in [2.45, 2.75) is 31.6 Å². The Morgan fingerprint density at radius 2 is 2.03 bits per heavy atom. The number of ether oxygens (including phenoxy) is 1. The van der Waals surface area contributed by atoms with E-state index in [0.717, 1.165) is 12.8 Å². The fourth-order valence-corrected chi connectivity index (χ4v) is 4.63. The molecule has 2 saturated heterocycles. The van der Waals surface area contributed by atoms with Crippen molar-refractivity contribution < 1.29 is 24.1 Å². The Kier molecular flexibility index (Phi) is 6.22. The number of carbonyl (C=O) groups excluding carboxylic acids is 1. The van der Waals surface area contributed by atoms with Crippen molar-refractivity contribution in [2.75, 3.05) is 42.6 Å². The first-order valence-corrected chi connectivity index (χ1v) is 11.2. The van der Waals surface area contributed by atoms with Gasteiger partial charge >= 0.3 is 6.09 Å². The average Bonchev–Trinajstić information content (AvgIpc) is 3.59. The second kappa shape index (κ2) is 9.44. The molecule has 12 nitrogen and oxygen atoms in total. The minimum atomic E-state index is -0.535. The van der Waals surface area contributed by atoms with Gasteiger partial charge in [0, 0.05) is 19.3 Å². The molecule has 3 aliphatic heterocycles. The van der Waals surface area contributed by atoms with Crippen LogP contribution in [0.5, 0.6) is 0 Å². The molecule has 4 N–H and O–H groups in total. The van der Waals surface area contributed by atoms with Gasteiger partial charge < -0.3 is 25.3 Å². The van der Waals surface area contributed by atoms with Crippen molar-refractivity contribution in [1.29, 1.82) is 0 Å². The van der Waals surface area contributed by atoms with Crippen LogP contribution in [0.25, 0.3) is 0 Å². The Hall–Kier alpha value is -3.42. The van der Waals surface area contributed by atoms with E-state index in [2.05, 4.69) is 21.3 Å². The van der Waals surface area contributed by atoms with Crippen LogP contribution in [0.2, 0.25) is 0 Å². The van der Waals surface area contributed by atoms with Crippen molar-refractivity contribution in [2.24, 2.45) is 0 Å². The van der Waals surface area contributed by atoms with Crippen molar-refractivity contribution in [3.8, 4) is 0 Å². The van der Waals surface area contributed by atoms with E-state index in [0.29, 0.717) is 42.4 Å². The maximum absolute atomic E-state index is 15.1. The molecule has 0 bridgehead atoms. The van der Waals surface area contributed by atoms with E-state index in [9.17, 15) is 15.0 Å². The highest BCUT2D eigenvalue weighted by Gasteiger charge is 2.35. The lowest BCUT2D eigenvalue weighted by atomic mass is 10.0. The Morgan fingerprint density at radius 1 is 1.21 bits per heavy atom. The average molecular weight is 474 g/mol. The molecule has 0 radical (unpaired) electrons. The van der Waals surface area contributed by atoms with Crippen LogP contribution in [0.3, 0.4) is 0 Å². The van der Waals surface area contributed by atoms with Gasteiger partial charge in [-0.1, -0.05) is 5.21 Å². The van der Waals surface area contributed by atoms with Gasteiger partial charge in [0.1, 0.15) is 11.9 Å². The molecule has 13 heteroatoms. The number of hydrazine groups is 2. The molecule has 0 aliphatic carbocycles. The third-order valence-corrected chi connectivity index (χ3v) is 6.41. The van der Waals surface area contributed by atoms with Crippen molar-refractivity contribution in [3.63, 3.8) is 0 Å². The zero-order valence-electron chi connectivity index (χ0n) is 18.5. The van der Waals surface area contributed by atoms with Crippen LogP contribution in [0, 0.1) is 5.82 Å². The number of aromatic nitrogens is 3. The quantitative estimate of drug-likeness (QED) is 0.442. The van der Waals surface area contributed by atoms with E-state index < -0.39 is 18.0 Å². The minimum Gasteiger partial charge on any atom is -0.442 e. The van der Waals surface area contributed by atoms with E-state index in [-0.39, 0.29) is 25.8 Å². The molecular formula is C21H27FN8O4. The SMILES string of the molecule is O=C1O[C@@H](CN2NNC=C2CO)CN1c1ccc(N2CCC(n3nncc3CO)CC2)c(F)c1. The fraction of sp³-hybridized carbons (Fsp3) is 0.476. The Labute approximate surface area is 195 Å². The fourth-order valence-electron chi connectivity index (χ4n) is 4.63. The molecule has 1 amide bonds. The lowest BCUT2D eigenvalue weighted by Crippen LogP contribution is -2.43. The van der Waals surface area contributed by atoms with Gasteiger partial charge in [-0.2, -0.15) is 0 Å². The summed E-state index contributed by atoms with van der Waals surface area (Å²) in [6.45, 7) is 1.60. The summed E-state index contributed by atoms with van der Waals surface area (Å²) in [7, 11) is 0. The third-order valence-electron chi connectivity index (χ3n) is 6.41. The number of carbonyl (C=O) groups is 1. The second-order valence-corrected chi connectivity index (χ2v) is 8.46. The number of rotatable bonds is 7. The van der Waals surface area contributed by atoms with Crippen LogP contribution in [0.1, 0.15) is 24.6 Å². The maximum Gasteiger partial charge on any atom is 0.414 e. The number of aliphatic hydroxyl groups is 2. The van der Waals surface area contributed by atoms with Crippen LogP contribution in [-0.2, 0) is 11.3 Å². The predicted octanol–water partition coefficient (Wildman–Crippen LogP) is 0.235. The molecule has 0 unspecified atom stereocenters. The summed E-state index contributed by atoms with van der Waals surface area (Å²) in [6, 6.07) is 4.89. The van der Waals surface area contributed by atoms with Crippen molar-refractivity contribution >= 4 is 17.5 Å². The number of hydrogen-bond acceptors (Lipinski definition) is 10. The normalized spacial score (nSPS) is 21.1. The molecule has 2 aromatic rings. The number of piperidine rings is 1. The first-order chi connectivity index (χ1) is 16.6. The lowest BCUT2D eigenvalue weighted by Gasteiger charge is -2.34. The molecule has 34 heavy (non-hydrogen) atoms. The molecule has 1 atom stereocenters. The Bertz CT molecular complexity index is 1070. The smallest absolute Gasteiger partial charge is 0.414 e. The topological polar surface area (TPSA) is 131 Å². The summed E-state index contributed by atoms with van der Waals surface area (Å²) in [6.07, 6.45) is 3.70. The number of anilines is 2. The molecule has 3 aliphatic rings. The lowest BCUT2D eigenvalue weighted by molar-refractivity contribution is 0.0982. The van der Waals surface area contributed by atoms with Crippen LogP contribution in [0.15, 0.2) is 36.3 Å². The van der Waals surface area contributed by atoms with Crippen LogP contribution < -0.4 is 20.8 Å². The van der Waals surface area contributed by atoms with Crippen LogP contribution >= 0.6 is 0 Å². The highest BCUT2D eigenvalue weighted by Crippen LogP contribution is 2.32. The monoisotopic (exact) mass is 474 g/mol. The molecule has 0 spiro atoms. The van der Waals surface area contributed by atoms with Crippen molar-refractivity contribution in [3.05, 3.63) is 47.8 Å². The van der Waals surface area contributed by atoms with E-state index in [1.54, 1.807) is 34.2 Å². The zero-order valence-corrected chi connectivity index (χ0v) is 18.5. The van der Waals surface area contributed by atoms with E-state index in [1.807, 2.05) is 4.90 Å². The summed E-state index contributed by atoms with van der Waals surface area (Å²) < 4.78 is 22.3. The van der Waals surface area contributed by atoms with Gasteiger partial charge in [-0.05, 0) is 31.0 Å². The van der Waals surface area contributed by atoms with Gasteiger partial charge in [-0.3, -0.25) is 9.91 Å². The molecule has 1 aromatic heterocycles. The number of halogens is 1. The molecule has 5 rings (SSSR count). The molecule has 4 heterocycles. The maximum atomic E-state index is 15.1. The first-order valence-electron chi connectivity index (χ1n) is 11.2. The molecular weight excluding hydrogens is 447 g/mol. The summed E-state index contributed by atoms with van der Waals surface area (Å²) >= 11 is 0. The van der Waals surface area contributed by atoms with Gasteiger partial charge in [0.15, 0.2) is 0 Å². The molecule has 2 fully saturated rings. The standard InChI is InChI=1S/C21H27FN8O4/c22-19-7-15(28-10-18(34-21(28)33)11-29-16(12-31)8-23-25-29)1-2-20(19)27-5-3-14(4-6-27)30-17(13-32)9-24-26-30/h1-2,7-9,14,18,23,25,31-32H,3-6,10-13H2/t18-/m1/s1. The predicted molar refractivity (Wildman–Crippen MR) is 119 cm³/mol. The molecule has 182 valence electrons. The highest BCUT2D eigenvalue weighted by molar-refractivity contribution is 5.90. The number of nitrogens with zero attached hydrogens (tertiary/aromatic N) is 6. The number of hydrogen-bond donors (Lipinski definition) is 4. The van der Waals surface area contributed by atoms with Gasteiger partial charge in [0.25, 0.3) is 0 Å². The highest BCUT2D eigenvalue weighted by atomic mass is 19.1. The first kappa shape index (κ1) is 22.4. The Balaban J connectivity index is 1.21. The Morgan fingerprint density at radius 3 is 2.76 bits per heavy atom. The van der Waals surface area contributed by atoms with E-state index in [1.165, 1.54) is 11.0 Å².